The Bertz CT molecular complexity index is 723. The Morgan fingerprint density at radius 2 is 2.14 bits per heavy atom. The molecule has 0 aliphatic heterocycles. The minimum Gasteiger partial charge on any atom is -0.467 e. The lowest BCUT2D eigenvalue weighted by atomic mass is 10.2. The Hall–Kier alpha value is -2.47. The van der Waals surface area contributed by atoms with Crippen molar-refractivity contribution in [1.29, 1.82) is 0 Å². The van der Waals surface area contributed by atoms with E-state index in [0.717, 1.165) is 22.0 Å². The molecule has 5 nitrogen and oxygen atoms in total. The SMILES string of the molecule is O=C(CCc1csc(-c2ccncc2)n1)NCc1ccco1. The van der Waals surface area contributed by atoms with Gasteiger partial charge >= 0.3 is 0 Å². The zero-order chi connectivity index (χ0) is 15.2. The van der Waals surface area contributed by atoms with Gasteiger partial charge in [-0.2, -0.15) is 0 Å². The lowest BCUT2D eigenvalue weighted by molar-refractivity contribution is -0.121. The van der Waals surface area contributed by atoms with Crippen molar-refractivity contribution in [1.82, 2.24) is 15.3 Å². The van der Waals surface area contributed by atoms with Gasteiger partial charge in [0.15, 0.2) is 0 Å². The molecule has 3 heterocycles. The summed E-state index contributed by atoms with van der Waals surface area (Å²) in [6, 6.07) is 7.50. The van der Waals surface area contributed by atoms with Crippen LogP contribution in [0.15, 0.2) is 52.7 Å². The van der Waals surface area contributed by atoms with Gasteiger partial charge in [0, 0.05) is 29.8 Å². The standard InChI is InChI=1S/C16H15N3O2S/c20-15(18-10-14-2-1-9-21-14)4-3-13-11-22-16(19-13)12-5-7-17-8-6-12/h1-2,5-9,11H,3-4,10H2,(H,18,20). The van der Waals surface area contributed by atoms with Gasteiger partial charge in [-0.3, -0.25) is 9.78 Å². The van der Waals surface area contributed by atoms with Crippen molar-refractivity contribution in [3.05, 3.63) is 59.8 Å². The number of pyridine rings is 1. The average molecular weight is 313 g/mol. The molecule has 3 aromatic heterocycles. The van der Waals surface area contributed by atoms with E-state index in [1.807, 2.05) is 23.6 Å². The molecule has 0 fully saturated rings. The molecule has 0 unspecified atom stereocenters. The smallest absolute Gasteiger partial charge is 0.220 e. The second-order valence-corrected chi connectivity index (χ2v) is 5.59. The fourth-order valence-corrected chi connectivity index (χ4v) is 2.84. The van der Waals surface area contributed by atoms with Gasteiger partial charge in [0.2, 0.25) is 5.91 Å². The monoisotopic (exact) mass is 313 g/mol. The van der Waals surface area contributed by atoms with Crippen molar-refractivity contribution in [2.24, 2.45) is 0 Å². The molecule has 0 aromatic carbocycles. The van der Waals surface area contributed by atoms with E-state index < -0.39 is 0 Å². The van der Waals surface area contributed by atoms with Crippen LogP contribution in [0.25, 0.3) is 10.6 Å². The molecular formula is C16H15N3O2S. The van der Waals surface area contributed by atoms with Gasteiger partial charge in [0.1, 0.15) is 10.8 Å². The van der Waals surface area contributed by atoms with Crippen LogP contribution in [0.5, 0.6) is 0 Å². The Balaban J connectivity index is 1.49. The lowest BCUT2D eigenvalue weighted by Gasteiger charge is -2.02. The van der Waals surface area contributed by atoms with E-state index in [1.165, 1.54) is 0 Å². The van der Waals surface area contributed by atoms with Crippen LogP contribution in [0.1, 0.15) is 17.9 Å². The van der Waals surface area contributed by atoms with Crippen LogP contribution in [0.4, 0.5) is 0 Å². The van der Waals surface area contributed by atoms with Gasteiger partial charge < -0.3 is 9.73 Å². The zero-order valence-electron chi connectivity index (χ0n) is 11.9. The van der Waals surface area contributed by atoms with Crippen LogP contribution in [0.3, 0.4) is 0 Å². The summed E-state index contributed by atoms with van der Waals surface area (Å²) in [6.45, 7) is 0.422. The molecule has 3 rings (SSSR count). The van der Waals surface area contributed by atoms with Gasteiger partial charge in [-0.05, 0) is 30.7 Å². The first-order chi connectivity index (χ1) is 10.8. The molecule has 0 aliphatic carbocycles. The summed E-state index contributed by atoms with van der Waals surface area (Å²) in [4.78, 5) is 20.4. The maximum absolute atomic E-state index is 11.8. The molecule has 0 saturated carbocycles. The summed E-state index contributed by atoms with van der Waals surface area (Å²) >= 11 is 1.58. The number of aryl methyl sites for hydroxylation is 1. The Labute approximate surface area is 132 Å². The largest absolute Gasteiger partial charge is 0.467 e. The lowest BCUT2D eigenvalue weighted by Crippen LogP contribution is -2.22. The summed E-state index contributed by atoms with van der Waals surface area (Å²) in [5.41, 5.74) is 1.98. The topological polar surface area (TPSA) is 68.0 Å². The summed E-state index contributed by atoms with van der Waals surface area (Å²) in [7, 11) is 0. The first-order valence-electron chi connectivity index (χ1n) is 6.95. The van der Waals surface area contributed by atoms with Crippen LogP contribution in [0.2, 0.25) is 0 Å². The number of carbonyl (C=O) groups is 1. The molecular weight excluding hydrogens is 298 g/mol. The van der Waals surface area contributed by atoms with Gasteiger partial charge in [0.05, 0.1) is 18.5 Å². The number of hydrogen-bond acceptors (Lipinski definition) is 5. The maximum atomic E-state index is 11.8. The third kappa shape index (κ3) is 3.79. The van der Waals surface area contributed by atoms with E-state index in [-0.39, 0.29) is 5.91 Å². The minimum atomic E-state index is -0.00476. The normalized spacial score (nSPS) is 10.5. The molecule has 0 spiro atoms. The number of thiazole rings is 1. The number of rotatable bonds is 6. The number of amides is 1. The van der Waals surface area contributed by atoms with Crippen LogP contribution < -0.4 is 5.32 Å². The highest BCUT2D eigenvalue weighted by molar-refractivity contribution is 7.13. The van der Waals surface area contributed by atoms with Gasteiger partial charge in [-0.25, -0.2) is 4.98 Å². The van der Waals surface area contributed by atoms with Crippen LogP contribution in [-0.4, -0.2) is 15.9 Å². The number of carbonyl (C=O) groups excluding carboxylic acids is 1. The predicted molar refractivity (Wildman–Crippen MR) is 84.2 cm³/mol. The predicted octanol–water partition coefficient (Wildman–Crippen LogP) is 3.05. The molecule has 1 N–H and O–H groups in total. The van der Waals surface area contributed by atoms with Crippen molar-refractivity contribution < 1.29 is 9.21 Å². The first kappa shape index (κ1) is 14.5. The third-order valence-corrected chi connectivity index (χ3v) is 4.07. The molecule has 0 saturated heterocycles. The number of nitrogens with zero attached hydrogens (tertiary/aromatic N) is 2. The van der Waals surface area contributed by atoms with Crippen molar-refractivity contribution in [2.75, 3.05) is 0 Å². The molecule has 1 amide bonds. The fraction of sp³-hybridized carbons (Fsp3) is 0.188. The van der Waals surface area contributed by atoms with Crippen LogP contribution in [-0.2, 0) is 17.8 Å². The van der Waals surface area contributed by atoms with Gasteiger partial charge in [-0.15, -0.1) is 11.3 Å². The molecule has 112 valence electrons. The van der Waals surface area contributed by atoms with E-state index in [4.69, 9.17) is 4.42 Å². The highest BCUT2D eigenvalue weighted by Crippen LogP contribution is 2.23. The summed E-state index contributed by atoms with van der Waals surface area (Å²) in [5.74, 6) is 0.747. The summed E-state index contributed by atoms with van der Waals surface area (Å²) in [6.07, 6.45) is 6.14. The number of aromatic nitrogens is 2. The number of furan rings is 1. The van der Waals surface area contributed by atoms with Crippen molar-refractivity contribution in [3.8, 4) is 10.6 Å². The average Bonchev–Trinajstić information content (AvgIpc) is 3.23. The molecule has 0 bridgehead atoms. The second kappa shape index (κ2) is 7.00. The van der Waals surface area contributed by atoms with E-state index in [1.54, 1.807) is 36.1 Å². The Kier molecular flexibility index (Phi) is 4.60. The molecule has 0 radical (unpaired) electrons. The quantitative estimate of drug-likeness (QED) is 0.759. The summed E-state index contributed by atoms with van der Waals surface area (Å²) in [5, 5.41) is 5.78. The van der Waals surface area contributed by atoms with Crippen LogP contribution in [0, 0.1) is 0 Å². The summed E-state index contributed by atoms with van der Waals surface area (Å²) < 4.78 is 5.17. The van der Waals surface area contributed by atoms with Crippen molar-refractivity contribution >= 4 is 17.2 Å². The van der Waals surface area contributed by atoms with Crippen LogP contribution >= 0.6 is 11.3 Å². The number of hydrogen-bond donors (Lipinski definition) is 1. The first-order valence-corrected chi connectivity index (χ1v) is 7.83. The molecule has 6 heteroatoms. The number of nitrogens with one attached hydrogen (secondary N) is 1. The van der Waals surface area contributed by atoms with E-state index in [0.29, 0.717) is 19.4 Å². The second-order valence-electron chi connectivity index (χ2n) is 4.74. The minimum absolute atomic E-state index is 0.00476. The fourth-order valence-electron chi connectivity index (χ4n) is 1.98. The highest BCUT2D eigenvalue weighted by Gasteiger charge is 2.07. The van der Waals surface area contributed by atoms with E-state index in [9.17, 15) is 4.79 Å². The van der Waals surface area contributed by atoms with Gasteiger partial charge in [-0.1, -0.05) is 0 Å². The zero-order valence-corrected chi connectivity index (χ0v) is 12.7. The molecule has 22 heavy (non-hydrogen) atoms. The third-order valence-electron chi connectivity index (χ3n) is 3.13. The Morgan fingerprint density at radius 1 is 1.27 bits per heavy atom. The molecule has 0 atom stereocenters. The van der Waals surface area contributed by atoms with Crippen molar-refractivity contribution in [3.63, 3.8) is 0 Å². The Morgan fingerprint density at radius 3 is 2.91 bits per heavy atom. The molecule has 0 aliphatic rings. The van der Waals surface area contributed by atoms with Gasteiger partial charge in [0.25, 0.3) is 0 Å². The highest BCUT2D eigenvalue weighted by atomic mass is 32.1. The molecule has 3 aromatic rings. The van der Waals surface area contributed by atoms with E-state index >= 15 is 0 Å². The van der Waals surface area contributed by atoms with E-state index in [2.05, 4.69) is 15.3 Å². The van der Waals surface area contributed by atoms with Crippen molar-refractivity contribution in [2.45, 2.75) is 19.4 Å². The maximum Gasteiger partial charge on any atom is 0.220 e.